The van der Waals surface area contributed by atoms with E-state index in [-0.39, 0.29) is 12.4 Å². The number of hydrogen-bond donors (Lipinski definition) is 0. The fraction of sp³-hybridized carbons (Fsp3) is 0.562. The first kappa shape index (κ1) is 21.3. The van der Waals surface area contributed by atoms with Crippen LogP contribution in [0.1, 0.15) is 24.2 Å². The highest BCUT2D eigenvalue weighted by molar-refractivity contribution is 5.94. The van der Waals surface area contributed by atoms with Crippen molar-refractivity contribution in [3.05, 3.63) is 17.7 Å². The van der Waals surface area contributed by atoms with Crippen molar-refractivity contribution in [3.8, 4) is 17.2 Å². The van der Waals surface area contributed by atoms with Crippen LogP contribution < -0.4 is 14.2 Å². The summed E-state index contributed by atoms with van der Waals surface area (Å²) in [5.74, 6) is 0.752. The number of nitrogens with zero attached hydrogens (tertiary/aromatic N) is 1. The molecule has 0 bridgehead atoms. The van der Waals surface area contributed by atoms with E-state index in [1.165, 1.54) is 21.3 Å². The molecular weight excluding hydrogens is 322 g/mol. The summed E-state index contributed by atoms with van der Waals surface area (Å²) in [6.07, 6.45) is 0. The van der Waals surface area contributed by atoms with E-state index in [4.69, 9.17) is 18.9 Å². The van der Waals surface area contributed by atoms with Gasteiger partial charge in [-0.1, -0.05) is 13.8 Å². The van der Waals surface area contributed by atoms with Gasteiger partial charge >= 0.3 is 5.97 Å². The predicted molar refractivity (Wildman–Crippen MR) is 91.4 cm³/mol. The van der Waals surface area contributed by atoms with Crippen molar-refractivity contribution < 1.29 is 23.7 Å². The molecule has 0 aliphatic heterocycles. The summed E-state index contributed by atoms with van der Waals surface area (Å²) in [6.45, 7) is 7.03. The standard InChI is InChI=1S/C16H25NO5.ClH/c1-6-17(7-2)10-11-22-16(18)12-8-9-13(19-3)15(21-5)14(12)20-4;/h8-9H,6-7,10-11H2,1-5H3;1H. The Balaban J connectivity index is 0.00000484. The highest BCUT2D eigenvalue weighted by Gasteiger charge is 2.21. The Morgan fingerprint density at radius 1 is 1.00 bits per heavy atom. The number of esters is 1. The van der Waals surface area contributed by atoms with Crippen LogP contribution in [0.25, 0.3) is 0 Å². The number of carbonyl (C=O) groups is 1. The van der Waals surface area contributed by atoms with Gasteiger partial charge in [-0.3, -0.25) is 0 Å². The average molecular weight is 348 g/mol. The second-order valence-electron chi connectivity index (χ2n) is 4.54. The minimum Gasteiger partial charge on any atom is -0.493 e. The second-order valence-corrected chi connectivity index (χ2v) is 4.54. The maximum Gasteiger partial charge on any atom is 0.342 e. The third-order valence-corrected chi connectivity index (χ3v) is 3.46. The fourth-order valence-corrected chi connectivity index (χ4v) is 2.15. The van der Waals surface area contributed by atoms with Crippen LogP contribution >= 0.6 is 12.4 Å². The van der Waals surface area contributed by atoms with Crippen molar-refractivity contribution in [1.82, 2.24) is 4.90 Å². The van der Waals surface area contributed by atoms with Crippen molar-refractivity contribution in [3.63, 3.8) is 0 Å². The minimum atomic E-state index is -0.440. The largest absolute Gasteiger partial charge is 0.493 e. The number of likely N-dealkylation sites (N-methyl/N-ethyl adjacent to an activating group) is 1. The molecule has 7 heteroatoms. The zero-order valence-corrected chi connectivity index (χ0v) is 15.2. The molecule has 0 heterocycles. The molecule has 0 spiro atoms. The molecule has 0 unspecified atom stereocenters. The van der Waals surface area contributed by atoms with Gasteiger partial charge in [0.1, 0.15) is 12.2 Å². The highest BCUT2D eigenvalue weighted by atomic mass is 35.5. The molecule has 23 heavy (non-hydrogen) atoms. The molecule has 132 valence electrons. The lowest BCUT2D eigenvalue weighted by Crippen LogP contribution is -2.28. The number of benzene rings is 1. The first-order chi connectivity index (χ1) is 10.6. The summed E-state index contributed by atoms with van der Waals surface area (Å²) in [5.41, 5.74) is 0.319. The van der Waals surface area contributed by atoms with Gasteiger partial charge in [-0.05, 0) is 25.2 Å². The van der Waals surface area contributed by atoms with Crippen molar-refractivity contribution in [2.75, 3.05) is 47.6 Å². The molecule has 0 aliphatic carbocycles. The van der Waals surface area contributed by atoms with Gasteiger partial charge in [0.15, 0.2) is 11.5 Å². The number of methoxy groups -OCH3 is 3. The topological polar surface area (TPSA) is 57.2 Å². The molecule has 0 saturated carbocycles. The molecule has 1 aromatic carbocycles. The van der Waals surface area contributed by atoms with Gasteiger partial charge < -0.3 is 23.8 Å². The molecule has 1 rings (SSSR count). The average Bonchev–Trinajstić information content (AvgIpc) is 2.56. The first-order valence-corrected chi connectivity index (χ1v) is 7.31. The summed E-state index contributed by atoms with van der Waals surface area (Å²) in [7, 11) is 4.50. The monoisotopic (exact) mass is 347 g/mol. The number of carbonyl (C=O) groups excluding carboxylic acids is 1. The second kappa shape index (κ2) is 11.0. The quantitative estimate of drug-likeness (QED) is 0.640. The first-order valence-electron chi connectivity index (χ1n) is 7.31. The Morgan fingerprint density at radius 3 is 2.09 bits per heavy atom. The molecule has 0 radical (unpaired) electrons. The summed E-state index contributed by atoms with van der Waals surface area (Å²) in [4.78, 5) is 14.4. The fourth-order valence-electron chi connectivity index (χ4n) is 2.15. The lowest BCUT2D eigenvalue weighted by atomic mass is 10.1. The Bertz CT molecular complexity index is 492. The Morgan fingerprint density at radius 2 is 1.61 bits per heavy atom. The van der Waals surface area contributed by atoms with E-state index in [9.17, 15) is 4.79 Å². The Kier molecular flexibility index (Phi) is 10.2. The van der Waals surface area contributed by atoms with Crippen molar-refractivity contribution in [1.29, 1.82) is 0 Å². The van der Waals surface area contributed by atoms with E-state index in [1.807, 2.05) is 0 Å². The maximum atomic E-state index is 12.2. The number of rotatable bonds is 9. The van der Waals surface area contributed by atoms with E-state index in [2.05, 4.69) is 18.7 Å². The van der Waals surface area contributed by atoms with E-state index in [0.717, 1.165) is 13.1 Å². The lowest BCUT2D eigenvalue weighted by Gasteiger charge is -2.18. The van der Waals surface area contributed by atoms with Crippen LogP contribution in [0.15, 0.2) is 12.1 Å². The zero-order chi connectivity index (χ0) is 16.5. The number of halogens is 1. The Labute approximate surface area is 144 Å². The summed E-state index contributed by atoms with van der Waals surface area (Å²) >= 11 is 0. The summed E-state index contributed by atoms with van der Waals surface area (Å²) in [5, 5.41) is 0. The molecule has 0 N–H and O–H groups in total. The highest BCUT2D eigenvalue weighted by Crippen LogP contribution is 2.39. The third kappa shape index (κ3) is 5.48. The van der Waals surface area contributed by atoms with Crippen LogP contribution in [0.2, 0.25) is 0 Å². The molecule has 0 fully saturated rings. The summed E-state index contributed by atoms with van der Waals surface area (Å²) < 4.78 is 21.1. The number of ether oxygens (including phenoxy) is 4. The smallest absolute Gasteiger partial charge is 0.342 e. The molecule has 0 aliphatic rings. The van der Waals surface area contributed by atoms with Gasteiger partial charge in [0, 0.05) is 6.54 Å². The van der Waals surface area contributed by atoms with Crippen LogP contribution in [0.5, 0.6) is 17.2 Å². The maximum absolute atomic E-state index is 12.2. The van der Waals surface area contributed by atoms with Crippen molar-refractivity contribution in [2.24, 2.45) is 0 Å². The normalized spacial score (nSPS) is 10.0. The van der Waals surface area contributed by atoms with Crippen LogP contribution in [0.3, 0.4) is 0 Å². The predicted octanol–water partition coefficient (Wildman–Crippen LogP) is 2.63. The van der Waals surface area contributed by atoms with Crippen LogP contribution in [-0.2, 0) is 4.74 Å². The molecule has 0 amide bonds. The summed E-state index contributed by atoms with van der Waals surface area (Å²) in [6, 6.07) is 3.27. The number of hydrogen-bond acceptors (Lipinski definition) is 6. The van der Waals surface area contributed by atoms with E-state index >= 15 is 0 Å². The molecule has 6 nitrogen and oxygen atoms in total. The van der Waals surface area contributed by atoms with Crippen LogP contribution in [-0.4, -0.2) is 58.4 Å². The third-order valence-electron chi connectivity index (χ3n) is 3.46. The minimum absolute atomic E-state index is 0. The molecule has 0 aromatic heterocycles. The van der Waals surface area contributed by atoms with Crippen LogP contribution in [0.4, 0.5) is 0 Å². The molecule has 0 atom stereocenters. The van der Waals surface area contributed by atoms with E-state index in [1.54, 1.807) is 12.1 Å². The van der Waals surface area contributed by atoms with Gasteiger partial charge in [0.2, 0.25) is 5.75 Å². The van der Waals surface area contributed by atoms with E-state index < -0.39 is 5.97 Å². The Hall–Kier alpha value is -1.66. The van der Waals surface area contributed by atoms with Crippen molar-refractivity contribution >= 4 is 18.4 Å². The molecule has 1 aromatic rings. The SMILES string of the molecule is CCN(CC)CCOC(=O)c1ccc(OC)c(OC)c1OC.Cl. The van der Waals surface area contributed by atoms with Gasteiger partial charge in [-0.25, -0.2) is 4.79 Å². The van der Waals surface area contributed by atoms with Gasteiger partial charge in [0.05, 0.1) is 21.3 Å². The van der Waals surface area contributed by atoms with Gasteiger partial charge in [0.25, 0.3) is 0 Å². The lowest BCUT2D eigenvalue weighted by molar-refractivity contribution is 0.0462. The van der Waals surface area contributed by atoms with Gasteiger partial charge in [-0.15, -0.1) is 12.4 Å². The zero-order valence-electron chi connectivity index (χ0n) is 14.4. The molecular formula is C16H26ClNO5. The van der Waals surface area contributed by atoms with Gasteiger partial charge in [-0.2, -0.15) is 0 Å². The van der Waals surface area contributed by atoms with Crippen LogP contribution in [0, 0.1) is 0 Å². The van der Waals surface area contributed by atoms with Crippen molar-refractivity contribution in [2.45, 2.75) is 13.8 Å². The van der Waals surface area contributed by atoms with E-state index in [0.29, 0.717) is 36.0 Å². The molecule has 0 saturated heterocycles.